The highest BCUT2D eigenvalue weighted by Gasteiger charge is 2.74. The SMILES string of the molecule is O=C(NC12CC3CC4CC(C1)C2(C4)C3)c1cc(-c2ccncc2F)c[nH]1. The fourth-order valence-electron chi connectivity index (χ4n) is 7.18. The minimum Gasteiger partial charge on any atom is -0.357 e. The number of aromatic amines is 1. The number of pyridine rings is 1. The van der Waals surface area contributed by atoms with Crippen LogP contribution in [0, 0.1) is 29.0 Å². The predicted molar refractivity (Wildman–Crippen MR) is 94.8 cm³/mol. The van der Waals surface area contributed by atoms with E-state index in [1.54, 1.807) is 24.5 Å². The van der Waals surface area contributed by atoms with E-state index < -0.39 is 0 Å². The molecule has 1 spiro atoms. The van der Waals surface area contributed by atoms with Crippen LogP contribution in [0.4, 0.5) is 4.39 Å². The molecule has 2 aromatic heterocycles. The summed E-state index contributed by atoms with van der Waals surface area (Å²) in [6.07, 6.45) is 12.1. The lowest BCUT2D eigenvalue weighted by Gasteiger charge is -2.59. The van der Waals surface area contributed by atoms with E-state index in [4.69, 9.17) is 0 Å². The Morgan fingerprint density at radius 3 is 3.00 bits per heavy atom. The van der Waals surface area contributed by atoms with Crippen LogP contribution in [0.2, 0.25) is 0 Å². The Hall–Kier alpha value is -2.17. The minimum absolute atomic E-state index is 0.0118. The smallest absolute Gasteiger partial charge is 0.268 e. The molecule has 4 saturated carbocycles. The zero-order valence-electron chi connectivity index (χ0n) is 14.6. The first-order valence-corrected chi connectivity index (χ1v) is 9.69. The van der Waals surface area contributed by atoms with Crippen LogP contribution >= 0.6 is 0 Å². The van der Waals surface area contributed by atoms with Gasteiger partial charge in [-0.3, -0.25) is 9.78 Å². The molecule has 2 aromatic rings. The van der Waals surface area contributed by atoms with Gasteiger partial charge in [-0.05, 0) is 73.8 Å². The summed E-state index contributed by atoms with van der Waals surface area (Å²) in [5.74, 6) is 2.10. The first-order valence-electron chi connectivity index (χ1n) is 9.69. The summed E-state index contributed by atoms with van der Waals surface area (Å²) in [5.41, 5.74) is 2.05. The molecule has 5 unspecified atom stereocenters. The van der Waals surface area contributed by atoms with E-state index in [2.05, 4.69) is 15.3 Å². The van der Waals surface area contributed by atoms with Gasteiger partial charge in [0.05, 0.1) is 6.20 Å². The van der Waals surface area contributed by atoms with Crippen LogP contribution < -0.4 is 5.32 Å². The molecule has 0 radical (unpaired) electrons. The fourth-order valence-corrected chi connectivity index (χ4v) is 7.18. The van der Waals surface area contributed by atoms with Crippen molar-refractivity contribution < 1.29 is 9.18 Å². The van der Waals surface area contributed by atoms with Crippen molar-refractivity contribution in [3.05, 3.63) is 42.2 Å². The van der Waals surface area contributed by atoms with E-state index in [9.17, 15) is 9.18 Å². The quantitative estimate of drug-likeness (QED) is 0.881. The summed E-state index contributed by atoms with van der Waals surface area (Å²) in [6, 6.07) is 3.38. The molecule has 6 rings (SSSR count). The summed E-state index contributed by atoms with van der Waals surface area (Å²) in [6.45, 7) is 0. The van der Waals surface area contributed by atoms with Gasteiger partial charge in [0.1, 0.15) is 11.5 Å². The lowest BCUT2D eigenvalue weighted by Crippen LogP contribution is -2.67. The lowest BCUT2D eigenvalue weighted by molar-refractivity contribution is -0.0485. The summed E-state index contributed by atoms with van der Waals surface area (Å²) in [7, 11) is 0. The van der Waals surface area contributed by atoms with Gasteiger partial charge in [-0.15, -0.1) is 0 Å². The molecule has 0 saturated heterocycles. The van der Waals surface area contributed by atoms with Gasteiger partial charge in [-0.25, -0.2) is 4.39 Å². The van der Waals surface area contributed by atoms with Gasteiger partial charge in [0, 0.05) is 29.1 Å². The number of hydrogen-bond acceptors (Lipinski definition) is 2. The average Bonchev–Trinajstić information content (AvgIpc) is 3.22. The number of H-pyrrole nitrogens is 1. The fraction of sp³-hybridized carbons (Fsp3) is 0.524. The number of carbonyl (C=O) groups excluding carboxylic acids is 1. The number of halogens is 1. The normalized spacial score (nSPS) is 38.9. The van der Waals surface area contributed by atoms with Gasteiger partial charge >= 0.3 is 0 Å². The second kappa shape index (κ2) is 4.76. The van der Waals surface area contributed by atoms with Gasteiger partial charge in [0.15, 0.2) is 0 Å². The number of nitrogens with zero attached hydrogens (tertiary/aromatic N) is 1. The molecule has 4 aliphatic rings. The predicted octanol–water partition coefficient (Wildman–Crippen LogP) is 3.91. The number of nitrogens with one attached hydrogen (secondary N) is 2. The Labute approximate surface area is 151 Å². The molecular weight excluding hydrogens is 329 g/mol. The second-order valence-corrected chi connectivity index (χ2v) is 9.07. The average molecular weight is 351 g/mol. The molecule has 5 heteroatoms. The van der Waals surface area contributed by atoms with Crippen LogP contribution in [0.25, 0.3) is 11.1 Å². The molecule has 2 N–H and O–H groups in total. The van der Waals surface area contributed by atoms with E-state index >= 15 is 0 Å². The highest BCUT2D eigenvalue weighted by atomic mass is 19.1. The standard InChI is InChI=1S/C21H22FN3O/c22-17-11-23-2-1-16(17)14-5-18(24-10-14)19(26)25-21-8-13-3-12-4-15(9-21)20(21,6-12)7-13/h1-2,5,10-13,15,24H,3-4,6-9H2,(H,25,26). The summed E-state index contributed by atoms with van der Waals surface area (Å²) >= 11 is 0. The van der Waals surface area contributed by atoms with Crippen LogP contribution in [-0.2, 0) is 0 Å². The maximum Gasteiger partial charge on any atom is 0.268 e. The molecule has 4 aliphatic carbocycles. The van der Waals surface area contributed by atoms with Gasteiger partial charge in [-0.1, -0.05) is 0 Å². The molecule has 0 aliphatic heterocycles. The van der Waals surface area contributed by atoms with E-state index in [0.717, 1.165) is 30.6 Å². The highest BCUT2D eigenvalue weighted by molar-refractivity contribution is 5.94. The van der Waals surface area contributed by atoms with Crippen LogP contribution in [0.3, 0.4) is 0 Å². The van der Waals surface area contributed by atoms with Crippen LogP contribution in [-0.4, -0.2) is 21.4 Å². The van der Waals surface area contributed by atoms with E-state index in [1.165, 1.54) is 31.9 Å². The third kappa shape index (κ3) is 1.74. The Morgan fingerprint density at radius 1 is 1.23 bits per heavy atom. The zero-order chi connectivity index (χ0) is 17.5. The van der Waals surface area contributed by atoms with Gasteiger partial charge < -0.3 is 10.3 Å². The Morgan fingerprint density at radius 2 is 2.12 bits per heavy atom. The summed E-state index contributed by atoms with van der Waals surface area (Å²) in [5, 5.41) is 3.43. The maximum atomic E-state index is 14.0. The number of aromatic nitrogens is 2. The van der Waals surface area contributed by atoms with Crippen molar-refractivity contribution >= 4 is 5.91 Å². The van der Waals surface area contributed by atoms with E-state index in [0.29, 0.717) is 22.2 Å². The van der Waals surface area contributed by atoms with Crippen molar-refractivity contribution in [1.29, 1.82) is 0 Å². The van der Waals surface area contributed by atoms with Crippen LogP contribution in [0.15, 0.2) is 30.7 Å². The third-order valence-corrected chi connectivity index (χ3v) is 7.92. The van der Waals surface area contributed by atoms with E-state index in [1.807, 2.05) is 0 Å². The number of rotatable bonds is 3. The summed E-state index contributed by atoms with van der Waals surface area (Å²) < 4.78 is 14.0. The van der Waals surface area contributed by atoms with Crippen molar-refractivity contribution in [3.8, 4) is 11.1 Å². The first-order chi connectivity index (χ1) is 12.6. The monoisotopic (exact) mass is 351 g/mol. The summed E-state index contributed by atoms with van der Waals surface area (Å²) in [4.78, 5) is 19.8. The van der Waals surface area contributed by atoms with Crippen molar-refractivity contribution in [2.45, 2.75) is 44.1 Å². The second-order valence-electron chi connectivity index (χ2n) is 9.07. The third-order valence-electron chi connectivity index (χ3n) is 7.92. The molecule has 4 nitrogen and oxygen atoms in total. The Balaban J connectivity index is 1.27. The Bertz CT molecular complexity index is 917. The molecule has 134 valence electrons. The number of hydrogen-bond donors (Lipinski definition) is 2. The molecule has 3 bridgehead atoms. The topological polar surface area (TPSA) is 57.8 Å². The highest BCUT2D eigenvalue weighted by Crippen LogP contribution is 2.77. The van der Waals surface area contributed by atoms with Crippen molar-refractivity contribution in [1.82, 2.24) is 15.3 Å². The van der Waals surface area contributed by atoms with Crippen LogP contribution in [0.5, 0.6) is 0 Å². The first kappa shape index (κ1) is 14.9. The largest absolute Gasteiger partial charge is 0.357 e. The van der Waals surface area contributed by atoms with Gasteiger partial charge in [-0.2, -0.15) is 0 Å². The molecule has 1 amide bonds. The zero-order valence-corrected chi connectivity index (χ0v) is 14.6. The maximum absolute atomic E-state index is 14.0. The Kier molecular flexibility index (Phi) is 2.73. The number of carbonyl (C=O) groups is 1. The number of fused-ring (bicyclic) bond motifs is 2. The van der Waals surface area contributed by atoms with Gasteiger partial charge in [0.2, 0.25) is 0 Å². The molecule has 0 aromatic carbocycles. The molecule has 4 fully saturated rings. The number of amides is 1. The minimum atomic E-state index is -0.376. The van der Waals surface area contributed by atoms with Crippen molar-refractivity contribution in [2.75, 3.05) is 0 Å². The molecule has 26 heavy (non-hydrogen) atoms. The van der Waals surface area contributed by atoms with Gasteiger partial charge in [0.25, 0.3) is 5.91 Å². The van der Waals surface area contributed by atoms with E-state index in [-0.39, 0.29) is 17.3 Å². The van der Waals surface area contributed by atoms with Crippen molar-refractivity contribution in [2.24, 2.45) is 23.2 Å². The molecular formula is C21H22FN3O. The van der Waals surface area contributed by atoms with Crippen LogP contribution in [0.1, 0.15) is 49.0 Å². The molecule has 5 atom stereocenters. The van der Waals surface area contributed by atoms with Crippen molar-refractivity contribution in [3.63, 3.8) is 0 Å². The molecule has 2 heterocycles. The lowest BCUT2D eigenvalue weighted by atomic mass is 9.51.